The molecular weight excluding hydrogens is 557 g/mol. The molecule has 0 spiro atoms. The van der Waals surface area contributed by atoms with Gasteiger partial charge in [-0.1, -0.05) is 45.9 Å². The zero-order valence-electron chi connectivity index (χ0n) is 23.6. The van der Waals surface area contributed by atoms with E-state index < -0.39 is 0 Å². The van der Waals surface area contributed by atoms with E-state index in [0.29, 0.717) is 33.8 Å². The highest BCUT2D eigenvalue weighted by molar-refractivity contribution is 8.00. The van der Waals surface area contributed by atoms with Crippen LogP contribution in [0.5, 0.6) is 5.75 Å². The molecule has 0 saturated heterocycles. The van der Waals surface area contributed by atoms with E-state index >= 15 is 0 Å². The van der Waals surface area contributed by atoms with Crippen molar-refractivity contribution in [2.75, 3.05) is 23.1 Å². The van der Waals surface area contributed by atoms with Gasteiger partial charge in [-0.05, 0) is 85.1 Å². The number of nitrogens with one attached hydrogen (secondary N) is 3. The van der Waals surface area contributed by atoms with E-state index in [4.69, 9.17) is 17.0 Å². The minimum atomic E-state index is -0.304. The van der Waals surface area contributed by atoms with Crippen molar-refractivity contribution in [1.29, 1.82) is 5.26 Å². The lowest BCUT2D eigenvalue weighted by Gasteiger charge is -2.33. The molecule has 0 saturated carbocycles. The number of para-hydroxylation sites is 2. The summed E-state index contributed by atoms with van der Waals surface area (Å²) in [6.07, 6.45) is 3.59. The van der Waals surface area contributed by atoms with Crippen molar-refractivity contribution in [2.45, 2.75) is 63.5 Å². The number of thiophene rings is 1. The second-order valence-electron chi connectivity index (χ2n) is 10.9. The molecule has 1 amide bonds. The molecule has 2 aromatic carbocycles. The monoisotopic (exact) mass is 592 g/mol. The third kappa shape index (κ3) is 7.17. The summed E-state index contributed by atoms with van der Waals surface area (Å²) < 4.78 is 5.38. The highest BCUT2D eigenvalue weighted by atomic mass is 32.2. The number of amides is 1. The Hall–Kier alpha value is -3.06. The van der Waals surface area contributed by atoms with Gasteiger partial charge < -0.3 is 20.7 Å². The summed E-state index contributed by atoms with van der Waals surface area (Å²) in [6.45, 7) is 8.84. The van der Waals surface area contributed by atoms with Crippen molar-refractivity contribution >= 4 is 62.7 Å². The van der Waals surface area contributed by atoms with Crippen LogP contribution in [-0.4, -0.2) is 23.4 Å². The summed E-state index contributed by atoms with van der Waals surface area (Å²) in [6, 6.07) is 17.8. The summed E-state index contributed by atoms with van der Waals surface area (Å²) >= 11 is 8.59. The predicted molar refractivity (Wildman–Crippen MR) is 172 cm³/mol. The van der Waals surface area contributed by atoms with E-state index in [2.05, 4.69) is 42.8 Å². The van der Waals surface area contributed by atoms with Gasteiger partial charge in [-0.15, -0.1) is 23.1 Å². The number of thioether (sulfide) groups is 1. The first-order chi connectivity index (χ1) is 19.1. The lowest BCUT2D eigenvalue weighted by atomic mass is 9.72. The Morgan fingerprint density at radius 2 is 1.98 bits per heavy atom. The van der Waals surface area contributed by atoms with E-state index in [0.717, 1.165) is 41.1 Å². The van der Waals surface area contributed by atoms with Crippen LogP contribution in [0, 0.1) is 22.7 Å². The van der Waals surface area contributed by atoms with Gasteiger partial charge in [0, 0.05) is 15.5 Å². The number of nitriles is 1. The van der Waals surface area contributed by atoms with Crippen LogP contribution < -0.4 is 20.7 Å². The number of benzene rings is 2. The molecule has 1 aliphatic carbocycles. The molecule has 3 N–H and O–H groups in total. The summed E-state index contributed by atoms with van der Waals surface area (Å²) in [7, 11) is 1.62. The number of carbonyl (C=O) groups excluding carboxylic acids is 1. The number of thiocarbonyl (C=S) groups is 1. The molecule has 210 valence electrons. The SMILES string of the molecule is CCC(Sc1cccc(NC(=S)Nc2ccccc2OC)c1)C(=O)Nc1sc2c(c1C#N)CCC(C(C)(C)C)C2. The molecule has 4 rings (SSSR count). The van der Waals surface area contributed by atoms with E-state index in [9.17, 15) is 10.1 Å². The Bertz CT molecular complexity index is 1420. The Kier molecular flexibility index (Phi) is 9.77. The molecule has 0 fully saturated rings. The van der Waals surface area contributed by atoms with Gasteiger partial charge in [0.2, 0.25) is 5.91 Å². The van der Waals surface area contributed by atoms with Gasteiger partial charge in [0.15, 0.2) is 5.11 Å². The summed E-state index contributed by atoms with van der Waals surface area (Å²) in [4.78, 5) is 15.6. The van der Waals surface area contributed by atoms with Gasteiger partial charge in [0.25, 0.3) is 0 Å². The maximum Gasteiger partial charge on any atom is 0.238 e. The van der Waals surface area contributed by atoms with Crippen LogP contribution in [-0.2, 0) is 17.6 Å². The van der Waals surface area contributed by atoms with Crippen molar-refractivity contribution < 1.29 is 9.53 Å². The molecule has 3 aromatic rings. The Labute approximate surface area is 250 Å². The van der Waals surface area contributed by atoms with Gasteiger partial charge in [-0.25, -0.2) is 0 Å². The average Bonchev–Trinajstić information content (AvgIpc) is 3.27. The number of anilines is 3. The third-order valence-corrected chi connectivity index (χ3v) is 9.96. The van der Waals surface area contributed by atoms with Crippen LogP contribution in [0.25, 0.3) is 0 Å². The van der Waals surface area contributed by atoms with Crippen LogP contribution >= 0.6 is 35.3 Å². The first-order valence-corrected chi connectivity index (χ1v) is 15.6. The number of hydrogen-bond donors (Lipinski definition) is 3. The number of rotatable bonds is 8. The molecule has 1 heterocycles. The fraction of sp³-hybridized carbons (Fsp3) is 0.387. The number of nitrogens with zero attached hydrogens (tertiary/aromatic N) is 1. The summed E-state index contributed by atoms with van der Waals surface area (Å²) in [5.41, 5.74) is 3.58. The van der Waals surface area contributed by atoms with Crippen molar-refractivity contribution in [3.8, 4) is 11.8 Å². The highest BCUT2D eigenvalue weighted by Gasteiger charge is 2.33. The van der Waals surface area contributed by atoms with Gasteiger partial charge in [0.1, 0.15) is 16.8 Å². The number of methoxy groups -OCH3 is 1. The smallest absolute Gasteiger partial charge is 0.238 e. The van der Waals surface area contributed by atoms with Crippen molar-refractivity contribution in [2.24, 2.45) is 11.3 Å². The number of hydrogen-bond acceptors (Lipinski definition) is 6. The molecule has 1 aliphatic rings. The zero-order chi connectivity index (χ0) is 28.9. The quantitative estimate of drug-likeness (QED) is 0.180. The summed E-state index contributed by atoms with van der Waals surface area (Å²) in [5.74, 6) is 1.20. The van der Waals surface area contributed by atoms with Gasteiger partial charge in [0.05, 0.1) is 23.6 Å². The van der Waals surface area contributed by atoms with Crippen molar-refractivity contribution in [3.63, 3.8) is 0 Å². The van der Waals surface area contributed by atoms with Crippen LogP contribution in [0.2, 0.25) is 0 Å². The maximum atomic E-state index is 13.4. The van der Waals surface area contributed by atoms with Crippen LogP contribution in [0.4, 0.5) is 16.4 Å². The standard InChI is InChI=1S/C31H36N4O2S3/c1-6-26(28(36)35-29-23(18-32)22-15-14-19(31(2,3)4)16-27(22)40-29)39-21-11-9-10-20(17-21)33-30(38)34-24-12-7-8-13-25(24)37-5/h7-13,17,19,26H,6,14-16H2,1-5H3,(H,35,36)(H2,33,34,38). The molecule has 6 nitrogen and oxygen atoms in total. The normalized spacial score (nSPS) is 15.3. The molecule has 40 heavy (non-hydrogen) atoms. The van der Waals surface area contributed by atoms with E-state index in [1.54, 1.807) is 18.4 Å². The Morgan fingerprint density at radius 1 is 1.20 bits per heavy atom. The largest absolute Gasteiger partial charge is 0.495 e. The minimum Gasteiger partial charge on any atom is -0.495 e. The lowest BCUT2D eigenvalue weighted by Crippen LogP contribution is -2.26. The van der Waals surface area contributed by atoms with Gasteiger partial charge in [-0.3, -0.25) is 4.79 Å². The van der Waals surface area contributed by atoms with Crippen LogP contribution in [0.1, 0.15) is 56.5 Å². The molecule has 9 heteroatoms. The van der Waals surface area contributed by atoms with E-state index in [-0.39, 0.29) is 16.6 Å². The molecule has 0 radical (unpaired) electrons. The molecule has 1 aromatic heterocycles. The van der Waals surface area contributed by atoms with E-state index in [1.165, 1.54) is 16.6 Å². The fourth-order valence-corrected chi connectivity index (χ4v) is 7.41. The average molecular weight is 593 g/mol. The Balaban J connectivity index is 1.42. The minimum absolute atomic E-state index is 0.0818. The first-order valence-electron chi connectivity index (χ1n) is 13.5. The molecule has 0 bridgehead atoms. The van der Waals surface area contributed by atoms with Gasteiger partial charge >= 0.3 is 0 Å². The molecule has 2 atom stereocenters. The Morgan fingerprint density at radius 3 is 2.67 bits per heavy atom. The third-order valence-electron chi connectivity index (χ3n) is 7.23. The number of fused-ring (bicyclic) bond motifs is 1. The van der Waals surface area contributed by atoms with Gasteiger partial charge in [-0.2, -0.15) is 5.26 Å². The van der Waals surface area contributed by atoms with Crippen LogP contribution in [0.15, 0.2) is 53.4 Å². The maximum absolute atomic E-state index is 13.4. The first kappa shape index (κ1) is 29.9. The molecule has 0 aliphatic heterocycles. The second-order valence-corrected chi connectivity index (χ2v) is 13.7. The molecule has 2 unspecified atom stereocenters. The summed E-state index contributed by atoms with van der Waals surface area (Å²) in [5, 5.41) is 20.2. The fourth-order valence-electron chi connectivity index (χ4n) is 4.89. The predicted octanol–water partition coefficient (Wildman–Crippen LogP) is 8.10. The van der Waals surface area contributed by atoms with E-state index in [1.807, 2.05) is 55.5 Å². The van der Waals surface area contributed by atoms with Crippen molar-refractivity contribution in [3.05, 3.63) is 64.5 Å². The van der Waals surface area contributed by atoms with Crippen molar-refractivity contribution in [1.82, 2.24) is 0 Å². The number of carbonyl (C=O) groups is 1. The lowest BCUT2D eigenvalue weighted by molar-refractivity contribution is -0.115. The molecular formula is C31H36N4O2S3. The number of ether oxygens (including phenoxy) is 1. The highest BCUT2D eigenvalue weighted by Crippen LogP contribution is 2.44. The second kappa shape index (κ2) is 13.1. The topological polar surface area (TPSA) is 86.2 Å². The van der Waals surface area contributed by atoms with Crippen LogP contribution in [0.3, 0.4) is 0 Å². The zero-order valence-corrected chi connectivity index (χ0v) is 26.0.